The predicted octanol–water partition coefficient (Wildman–Crippen LogP) is 1.77. The molecule has 1 fully saturated rings. The second kappa shape index (κ2) is 5.09. The number of primary sulfonamides is 1. The average molecular weight is 365 g/mol. The van der Waals surface area contributed by atoms with Crippen molar-refractivity contribution < 1.29 is 17.6 Å². The third kappa shape index (κ3) is 3.36. The molecule has 0 unspecified atom stereocenters. The summed E-state index contributed by atoms with van der Waals surface area (Å²) in [6.07, 6.45) is 2.06. The van der Waals surface area contributed by atoms with Crippen molar-refractivity contribution >= 4 is 31.9 Å². The minimum Gasteiger partial charge on any atom is -0.351 e. The van der Waals surface area contributed by atoms with Crippen LogP contribution in [0.2, 0.25) is 0 Å². The number of rotatable bonds is 4. The lowest BCUT2D eigenvalue weighted by molar-refractivity contribution is 0.0945. The smallest absolute Gasteiger partial charge is 0.251 e. The van der Waals surface area contributed by atoms with E-state index in [1.165, 1.54) is 0 Å². The number of sulfonamides is 1. The number of hydrogen-bond donors (Lipinski definition) is 2. The number of hydrogen-bond acceptors (Lipinski definition) is 3. The van der Waals surface area contributed by atoms with Gasteiger partial charge in [0.15, 0.2) is 0 Å². The summed E-state index contributed by atoms with van der Waals surface area (Å²) in [5.74, 6) is -1.37. The van der Waals surface area contributed by atoms with Gasteiger partial charge in [-0.2, -0.15) is 0 Å². The molecule has 0 atom stereocenters. The molecule has 5 nitrogen and oxygen atoms in total. The third-order valence-electron chi connectivity index (χ3n) is 3.34. The van der Waals surface area contributed by atoms with Crippen molar-refractivity contribution in [2.45, 2.75) is 24.7 Å². The van der Waals surface area contributed by atoms with E-state index in [0.717, 1.165) is 25.0 Å². The Bertz CT molecular complexity index is 672. The Labute approximate surface area is 124 Å². The highest BCUT2D eigenvalue weighted by molar-refractivity contribution is 9.10. The number of carbonyl (C=O) groups excluding carboxylic acids is 1. The van der Waals surface area contributed by atoms with Crippen LogP contribution in [-0.2, 0) is 10.0 Å². The maximum absolute atomic E-state index is 13.7. The van der Waals surface area contributed by atoms with Gasteiger partial charge in [0.05, 0.1) is 9.37 Å². The molecule has 0 aliphatic heterocycles. The van der Waals surface area contributed by atoms with Gasteiger partial charge in [0.1, 0.15) is 5.82 Å². The highest BCUT2D eigenvalue weighted by Crippen LogP contribution is 2.44. The van der Waals surface area contributed by atoms with Crippen molar-refractivity contribution in [3.63, 3.8) is 0 Å². The zero-order valence-corrected chi connectivity index (χ0v) is 13.1. The molecule has 1 saturated carbocycles. The molecule has 1 aliphatic rings. The lowest BCUT2D eigenvalue weighted by atomic mass is 10.1. The van der Waals surface area contributed by atoms with Crippen LogP contribution in [-0.4, -0.2) is 20.9 Å². The summed E-state index contributed by atoms with van der Waals surface area (Å²) >= 11 is 2.81. The van der Waals surface area contributed by atoms with Crippen LogP contribution in [0.1, 0.15) is 30.1 Å². The van der Waals surface area contributed by atoms with Crippen LogP contribution in [0.15, 0.2) is 21.5 Å². The lowest BCUT2D eigenvalue weighted by Crippen LogP contribution is -2.29. The average Bonchev–Trinajstić information content (AvgIpc) is 3.06. The lowest BCUT2D eigenvalue weighted by Gasteiger charge is -2.11. The molecule has 20 heavy (non-hydrogen) atoms. The Morgan fingerprint density at radius 2 is 2.10 bits per heavy atom. The zero-order valence-electron chi connectivity index (χ0n) is 10.7. The van der Waals surface area contributed by atoms with Gasteiger partial charge in [-0.15, -0.1) is 0 Å². The van der Waals surface area contributed by atoms with Gasteiger partial charge in [-0.1, -0.05) is 6.92 Å². The fourth-order valence-electron chi connectivity index (χ4n) is 1.69. The van der Waals surface area contributed by atoms with Crippen molar-refractivity contribution in [3.05, 3.63) is 28.0 Å². The Balaban J connectivity index is 2.28. The molecular weight excluding hydrogens is 351 g/mol. The minimum absolute atomic E-state index is 0.0704. The molecule has 1 aromatic carbocycles. The van der Waals surface area contributed by atoms with Gasteiger partial charge >= 0.3 is 0 Å². The first-order chi connectivity index (χ1) is 9.12. The number of amides is 1. The summed E-state index contributed by atoms with van der Waals surface area (Å²) in [6, 6.07) is 2.04. The Hall–Kier alpha value is -0.990. The second-order valence-corrected chi connectivity index (χ2v) is 7.63. The molecule has 0 saturated heterocycles. The van der Waals surface area contributed by atoms with Crippen molar-refractivity contribution in [3.8, 4) is 0 Å². The second-order valence-electron chi connectivity index (χ2n) is 5.31. The molecule has 0 aromatic heterocycles. The van der Waals surface area contributed by atoms with Gasteiger partial charge in [-0.3, -0.25) is 4.79 Å². The van der Waals surface area contributed by atoms with E-state index in [0.29, 0.717) is 6.54 Å². The number of nitrogens with two attached hydrogens (primary N) is 1. The first-order valence-corrected chi connectivity index (χ1v) is 8.26. The quantitative estimate of drug-likeness (QED) is 0.852. The van der Waals surface area contributed by atoms with E-state index in [1.807, 2.05) is 6.92 Å². The van der Waals surface area contributed by atoms with E-state index in [9.17, 15) is 17.6 Å². The van der Waals surface area contributed by atoms with E-state index in [2.05, 4.69) is 21.2 Å². The maximum atomic E-state index is 13.7. The summed E-state index contributed by atoms with van der Waals surface area (Å²) < 4.78 is 36.1. The zero-order chi connectivity index (χ0) is 15.1. The van der Waals surface area contributed by atoms with Crippen LogP contribution in [0.4, 0.5) is 4.39 Å². The largest absolute Gasteiger partial charge is 0.351 e. The summed E-state index contributed by atoms with van der Waals surface area (Å²) in [7, 11) is -4.11. The summed E-state index contributed by atoms with van der Waals surface area (Å²) in [5, 5.41) is 7.66. The Morgan fingerprint density at radius 1 is 1.50 bits per heavy atom. The maximum Gasteiger partial charge on any atom is 0.251 e. The summed E-state index contributed by atoms with van der Waals surface area (Å²) in [5.41, 5.74) is 0.0331. The van der Waals surface area contributed by atoms with Gasteiger partial charge in [-0.05, 0) is 46.3 Å². The van der Waals surface area contributed by atoms with Gasteiger partial charge < -0.3 is 5.32 Å². The molecule has 1 aromatic rings. The molecule has 3 N–H and O–H groups in total. The molecule has 1 aliphatic carbocycles. The fraction of sp³-hybridized carbons (Fsp3) is 0.417. The normalized spacial score (nSPS) is 16.8. The molecule has 1 amide bonds. The summed E-state index contributed by atoms with van der Waals surface area (Å²) in [6.45, 7) is 2.51. The van der Waals surface area contributed by atoms with E-state index >= 15 is 0 Å². The fourth-order valence-corrected chi connectivity index (χ4v) is 3.23. The van der Waals surface area contributed by atoms with Crippen LogP contribution in [0, 0.1) is 11.2 Å². The Morgan fingerprint density at radius 3 is 2.60 bits per heavy atom. The number of nitrogens with one attached hydrogen (secondary N) is 1. The molecule has 0 radical (unpaired) electrons. The van der Waals surface area contributed by atoms with E-state index in [-0.39, 0.29) is 15.5 Å². The van der Waals surface area contributed by atoms with Gasteiger partial charge in [-0.25, -0.2) is 17.9 Å². The van der Waals surface area contributed by atoms with Gasteiger partial charge in [0.2, 0.25) is 10.0 Å². The standard InChI is InChI=1S/C12H14BrFN2O3S/c1-12(2-3-12)6-16-11(17)7-4-8(14)10(13)9(5-7)20(15,18)19/h4-5H,2-3,6H2,1H3,(H,16,17)(H2,15,18,19). The third-order valence-corrected chi connectivity index (χ3v) is 5.35. The van der Waals surface area contributed by atoms with Gasteiger partial charge in [0.25, 0.3) is 5.91 Å². The topological polar surface area (TPSA) is 89.3 Å². The van der Waals surface area contributed by atoms with Crippen LogP contribution in [0.5, 0.6) is 0 Å². The van der Waals surface area contributed by atoms with E-state index in [1.54, 1.807) is 0 Å². The van der Waals surface area contributed by atoms with Crippen LogP contribution in [0.25, 0.3) is 0 Å². The van der Waals surface area contributed by atoms with Crippen molar-refractivity contribution in [1.29, 1.82) is 0 Å². The Kier molecular flexibility index (Phi) is 3.92. The molecule has 2 rings (SSSR count). The number of halogens is 2. The van der Waals surface area contributed by atoms with Crippen LogP contribution < -0.4 is 10.5 Å². The summed E-state index contributed by atoms with van der Waals surface area (Å²) in [4.78, 5) is 11.5. The van der Waals surface area contributed by atoms with E-state index < -0.39 is 26.6 Å². The first-order valence-electron chi connectivity index (χ1n) is 5.92. The highest BCUT2D eigenvalue weighted by atomic mass is 79.9. The molecule has 0 bridgehead atoms. The first kappa shape index (κ1) is 15.4. The van der Waals surface area contributed by atoms with Crippen LogP contribution in [0.3, 0.4) is 0 Å². The van der Waals surface area contributed by atoms with Crippen molar-refractivity contribution in [1.82, 2.24) is 5.32 Å². The predicted molar refractivity (Wildman–Crippen MR) is 75.1 cm³/mol. The molecule has 110 valence electrons. The van der Waals surface area contributed by atoms with Crippen LogP contribution >= 0.6 is 15.9 Å². The minimum atomic E-state index is -4.11. The highest BCUT2D eigenvalue weighted by Gasteiger charge is 2.37. The SMILES string of the molecule is CC1(CNC(=O)c2cc(F)c(Br)c(S(N)(=O)=O)c2)CC1. The molecule has 0 spiro atoms. The molecule has 0 heterocycles. The number of benzene rings is 1. The van der Waals surface area contributed by atoms with E-state index in [4.69, 9.17) is 5.14 Å². The van der Waals surface area contributed by atoms with Crippen molar-refractivity contribution in [2.75, 3.05) is 6.54 Å². The van der Waals surface area contributed by atoms with Crippen molar-refractivity contribution in [2.24, 2.45) is 10.6 Å². The number of carbonyl (C=O) groups is 1. The monoisotopic (exact) mass is 364 g/mol. The molecular formula is C12H14BrFN2O3S. The molecule has 8 heteroatoms. The van der Waals surface area contributed by atoms with Gasteiger partial charge in [0, 0.05) is 12.1 Å².